The van der Waals surface area contributed by atoms with Gasteiger partial charge < -0.3 is 11.1 Å². The van der Waals surface area contributed by atoms with E-state index in [2.05, 4.69) is 16.7 Å². The SMILES string of the molecule is CCn1cc(N)c(C(=O)NCC2(SC)CCC2)n1. The smallest absolute Gasteiger partial charge is 0.273 e. The Labute approximate surface area is 111 Å². The highest BCUT2D eigenvalue weighted by Crippen LogP contribution is 2.42. The largest absolute Gasteiger partial charge is 0.396 e. The second-order valence-corrected chi connectivity index (χ2v) is 5.99. The molecule has 0 spiro atoms. The van der Waals surface area contributed by atoms with Crippen LogP contribution in [0.3, 0.4) is 0 Å². The maximum absolute atomic E-state index is 12.0. The first-order chi connectivity index (χ1) is 8.60. The molecule has 1 aromatic heterocycles. The van der Waals surface area contributed by atoms with Crippen LogP contribution >= 0.6 is 11.8 Å². The maximum atomic E-state index is 12.0. The zero-order valence-corrected chi connectivity index (χ0v) is 11.7. The molecule has 0 atom stereocenters. The van der Waals surface area contributed by atoms with E-state index in [4.69, 9.17) is 5.73 Å². The Morgan fingerprint density at radius 3 is 2.83 bits per heavy atom. The average molecular weight is 268 g/mol. The lowest BCUT2D eigenvalue weighted by atomic mass is 9.84. The minimum Gasteiger partial charge on any atom is -0.396 e. The van der Waals surface area contributed by atoms with Gasteiger partial charge in [0, 0.05) is 24.0 Å². The fourth-order valence-corrected chi connectivity index (χ4v) is 3.04. The van der Waals surface area contributed by atoms with Crippen molar-refractivity contribution in [1.29, 1.82) is 0 Å². The van der Waals surface area contributed by atoms with Crippen LogP contribution in [-0.2, 0) is 6.54 Å². The molecule has 1 aliphatic rings. The van der Waals surface area contributed by atoms with E-state index in [9.17, 15) is 4.79 Å². The van der Waals surface area contributed by atoms with Gasteiger partial charge in [0.2, 0.25) is 0 Å². The van der Waals surface area contributed by atoms with Gasteiger partial charge in [-0.3, -0.25) is 9.48 Å². The molecule has 0 radical (unpaired) electrons. The Morgan fingerprint density at radius 2 is 2.39 bits per heavy atom. The number of anilines is 1. The summed E-state index contributed by atoms with van der Waals surface area (Å²) in [6.45, 7) is 3.38. The zero-order valence-electron chi connectivity index (χ0n) is 10.9. The van der Waals surface area contributed by atoms with Crippen LogP contribution in [0.1, 0.15) is 36.7 Å². The van der Waals surface area contributed by atoms with E-state index < -0.39 is 0 Å². The first kappa shape index (κ1) is 13.3. The molecule has 1 amide bonds. The standard InChI is InChI=1S/C12H20N4OS/c1-3-16-7-9(13)10(15-16)11(17)14-8-12(18-2)5-4-6-12/h7H,3-6,8,13H2,1-2H3,(H,14,17). The molecule has 2 rings (SSSR count). The lowest BCUT2D eigenvalue weighted by Gasteiger charge is -2.40. The van der Waals surface area contributed by atoms with Gasteiger partial charge in [-0.1, -0.05) is 6.42 Å². The van der Waals surface area contributed by atoms with E-state index in [1.54, 1.807) is 10.9 Å². The normalized spacial score (nSPS) is 17.2. The number of carbonyl (C=O) groups is 1. The lowest BCUT2D eigenvalue weighted by molar-refractivity contribution is 0.0939. The van der Waals surface area contributed by atoms with Gasteiger partial charge in [0.1, 0.15) is 0 Å². The van der Waals surface area contributed by atoms with Crippen molar-refractivity contribution in [1.82, 2.24) is 15.1 Å². The summed E-state index contributed by atoms with van der Waals surface area (Å²) in [5.74, 6) is -0.167. The third-order valence-corrected chi connectivity index (χ3v) is 5.02. The highest BCUT2D eigenvalue weighted by molar-refractivity contribution is 8.00. The van der Waals surface area contributed by atoms with E-state index in [-0.39, 0.29) is 10.7 Å². The number of hydrogen-bond donors (Lipinski definition) is 2. The van der Waals surface area contributed by atoms with Gasteiger partial charge in [-0.25, -0.2) is 0 Å². The Hall–Kier alpha value is -1.17. The summed E-state index contributed by atoms with van der Waals surface area (Å²) in [6, 6.07) is 0. The summed E-state index contributed by atoms with van der Waals surface area (Å²) in [5, 5.41) is 7.13. The highest BCUT2D eigenvalue weighted by atomic mass is 32.2. The number of carbonyl (C=O) groups excluding carboxylic acids is 1. The number of thioether (sulfide) groups is 1. The number of rotatable bonds is 5. The maximum Gasteiger partial charge on any atom is 0.273 e. The van der Waals surface area contributed by atoms with Crippen LogP contribution in [0.25, 0.3) is 0 Å². The third kappa shape index (κ3) is 2.48. The molecule has 0 aromatic carbocycles. The van der Waals surface area contributed by atoms with Crippen molar-refractivity contribution >= 4 is 23.4 Å². The second kappa shape index (κ2) is 5.22. The molecule has 1 saturated carbocycles. The van der Waals surface area contributed by atoms with Gasteiger partial charge in [0.25, 0.3) is 5.91 Å². The third-order valence-electron chi connectivity index (χ3n) is 3.60. The van der Waals surface area contributed by atoms with Crippen LogP contribution in [-0.4, -0.2) is 33.2 Å². The Morgan fingerprint density at radius 1 is 1.67 bits per heavy atom. The molecule has 0 aliphatic heterocycles. The lowest BCUT2D eigenvalue weighted by Crippen LogP contribution is -2.45. The molecule has 100 valence electrons. The minimum atomic E-state index is -0.167. The zero-order chi connectivity index (χ0) is 13.2. The summed E-state index contributed by atoms with van der Waals surface area (Å²) in [6.07, 6.45) is 7.40. The van der Waals surface area contributed by atoms with Crippen LogP contribution < -0.4 is 11.1 Å². The molecule has 1 heterocycles. The van der Waals surface area contributed by atoms with Gasteiger partial charge in [0.15, 0.2) is 5.69 Å². The number of aromatic nitrogens is 2. The number of hydrogen-bond acceptors (Lipinski definition) is 4. The van der Waals surface area contributed by atoms with E-state index in [1.807, 2.05) is 18.7 Å². The van der Waals surface area contributed by atoms with Crippen molar-refractivity contribution in [3.63, 3.8) is 0 Å². The summed E-state index contributed by atoms with van der Waals surface area (Å²) in [5.41, 5.74) is 6.57. The summed E-state index contributed by atoms with van der Waals surface area (Å²) in [7, 11) is 0. The van der Waals surface area contributed by atoms with Crippen molar-refractivity contribution < 1.29 is 4.79 Å². The van der Waals surface area contributed by atoms with Crippen molar-refractivity contribution in [3.8, 4) is 0 Å². The monoisotopic (exact) mass is 268 g/mol. The molecule has 5 nitrogen and oxygen atoms in total. The van der Waals surface area contributed by atoms with Crippen LogP contribution in [0.2, 0.25) is 0 Å². The topological polar surface area (TPSA) is 72.9 Å². The van der Waals surface area contributed by atoms with Gasteiger partial charge >= 0.3 is 0 Å². The molecular formula is C12H20N4OS. The fraction of sp³-hybridized carbons (Fsp3) is 0.667. The number of aryl methyl sites for hydroxylation is 1. The highest BCUT2D eigenvalue weighted by Gasteiger charge is 2.36. The summed E-state index contributed by atoms with van der Waals surface area (Å²) in [4.78, 5) is 12.0. The van der Waals surface area contributed by atoms with Gasteiger partial charge in [0.05, 0.1) is 5.69 Å². The molecular weight excluding hydrogens is 248 g/mol. The molecule has 18 heavy (non-hydrogen) atoms. The molecule has 0 bridgehead atoms. The van der Waals surface area contributed by atoms with Gasteiger partial charge in [-0.2, -0.15) is 16.9 Å². The van der Waals surface area contributed by atoms with Crippen molar-refractivity contribution in [2.45, 2.75) is 37.5 Å². The summed E-state index contributed by atoms with van der Waals surface area (Å²) >= 11 is 1.84. The first-order valence-electron chi connectivity index (χ1n) is 6.26. The minimum absolute atomic E-state index is 0.167. The number of amides is 1. The van der Waals surface area contributed by atoms with Crippen LogP contribution in [0.4, 0.5) is 5.69 Å². The van der Waals surface area contributed by atoms with Crippen molar-refractivity contribution in [2.75, 3.05) is 18.5 Å². The van der Waals surface area contributed by atoms with E-state index in [0.717, 1.165) is 0 Å². The number of nitrogens with two attached hydrogens (primary N) is 1. The Balaban J connectivity index is 1.97. The number of nitrogens with one attached hydrogen (secondary N) is 1. The predicted octanol–water partition coefficient (Wildman–Crippen LogP) is 1.50. The van der Waals surface area contributed by atoms with E-state index in [1.165, 1.54) is 19.3 Å². The predicted molar refractivity (Wildman–Crippen MR) is 74.7 cm³/mol. The first-order valence-corrected chi connectivity index (χ1v) is 7.49. The van der Waals surface area contributed by atoms with Crippen LogP contribution in [0.5, 0.6) is 0 Å². The molecule has 1 fully saturated rings. The Kier molecular flexibility index (Phi) is 3.85. The quantitative estimate of drug-likeness (QED) is 0.849. The molecule has 0 unspecified atom stereocenters. The second-order valence-electron chi connectivity index (χ2n) is 4.71. The molecule has 1 aromatic rings. The number of nitrogens with zero attached hydrogens (tertiary/aromatic N) is 2. The Bertz CT molecular complexity index is 434. The molecule has 0 saturated heterocycles. The van der Waals surface area contributed by atoms with E-state index >= 15 is 0 Å². The number of nitrogen functional groups attached to an aromatic ring is 1. The van der Waals surface area contributed by atoms with Gasteiger partial charge in [-0.15, -0.1) is 0 Å². The van der Waals surface area contributed by atoms with Crippen LogP contribution in [0.15, 0.2) is 6.20 Å². The van der Waals surface area contributed by atoms with E-state index in [0.29, 0.717) is 24.5 Å². The van der Waals surface area contributed by atoms with Crippen molar-refractivity contribution in [2.24, 2.45) is 0 Å². The average Bonchev–Trinajstić information content (AvgIpc) is 2.69. The van der Waals surface area contributed by atoms with Crippen LogP contribution in [0, 0.1) is 0 Å². The molecule has 3 N–H and O–H groups in total. The van der Waals surface area contributed by atoms with Gasteiger partial charge in [-0.05, 0) is 26.0 Å². The molecule has 1 aliphatic carbocycles. The fourth-order valence-electron chi connectivity index (χ4n) is 2.12. The van der Waals surface area contributed by atoms with Crippen molar-refractivity contribution in [3.05, 3.63) is 11.9 Å². The molecule has 6 heteroatoms. The summed E-state index contributed by atoms with van der Waals surface area (Å²) < 4.78 is 1.91.